The number of benzene rings is 1. The van der Waals surface area contributed by atoms with Crippen molar-refractivity contribution in [3.63, 3.8) is 0 Å². The number of carbonyl (C=O) groups is 2. The molecule has 22 heavy (non-hydrogen) atoms. The molecule has 2 aromatic rings. The van der Waals surface area contributed by atoms with Gasteiger partial charge in [0, 0.05) is 11.0 Å². The Bertz CT molecular complexity index is 737. The summed E-state index contributed by atoms with van der Waals surface area (Å²) in [6.45, 7) is 1.58. The molecule has 0 radical (unpaired) electrons. The smallest absolute Gasteiger partial charge is 0.331 e. The van der Waals surface area contributed by atoms with Crippen molar-refractivity contribution < 1.29 is 18.7 Å². The van der Waals surface area contributed by atoms with Crippen molar-refractivity contribution in [1.82, 2.24) is 0 Å². The van der Waals surface area contributed by atoms with E-state index in [0.717, 1.165) is 11.0 Å². The van der Waals surface area contributed by atoms with E-state index in [1.807, 2.05) is 13.0 Å². The summed E-state index contributed by atoms with van der Waals surface area (Å²) < 4.78 is 17.9. The van der Waals surface area contributed by atoms with Crippen LogP contribution in [0.3, 0.4) is 0 Å². The van der Waals surface area contributed by atoms with Crippen LogP contribution in [-0.4, -0.2) is 18.4 Å². The number of thiophene rings is 1. The summed E-state index contributed by atoms with van der Waals surface area (Å²) in [7, 11) is 0. The Hall–Kier alpha value is -1.98. The predicted octanol–water partition coefficient (Wildman–Crippen LogP) is 4.29. The Morgan fingerprint density at radius 2 is 2.09 bits per heavy atom. The van der Waals surface area contributed by atoms with Crippen molar-refractivity contribution in [3.8, 4) is 0 Å². The molecule has 114 valence electrons. The van der Waals surface area contributed by atoms with E-state index in [-0.39, 0.29) is 17.4 Å². The molecule has 1 aromatic carbocycles. The first-order valence-corrected chi connectivity index (χ1v) is 7.54. The van der Waals surface area contributed by atoms with Crippen LogP contribution in [0.15, 0.2) is 36.4 Å². The Labute approximate surface area is 136 Å². The van der Waals surface area contributed by atoms with E-state index >= 15 is 0 Å². The molecule has 0 unspecified atom stereocenters. The van der Waals surface area contributed by atoms with E-state index in [0.29, 0.717) is 10.4 Å². The molecule has 0 aliphatic carbocycles. The summed E-state index contributed by atoms with van der Waals surface area (Å²) in [6, 6.07) is 7.60. The van der Waals surface area contributed by atoms with Gasteiger partial charge in [0.1, 0.15) is 5.82 Å². The second kappa shape index (κ2) is 7.33. The molecule has 0 aliphatic rings. The van der Waals surface area contributed by atoms with Gasteiger partial charge in [-0.1, -0.05) is 17.7 Å². The number of rotatable bonds is 5. The summed E-state index contributed by atoms with van der Waals surface area (Å²) in [6.07, 6.45) is 2.60. The SMILES string of the molecule is Cc1ccc(C(=O)COC(=O)/C=C/c2ccc(F)c(Cl)c2)s1. The minimum atomic E-state index is -0.651. The summed E-state index contributed by atoms with van der Waals surface area (Å²) in [5.74, 6) is -1.43. The number of ketones is 1. The molecule has 0 amide bonds. The van der Waals surface area contributed by atoms with Crippen LogP contribution < -0.4 is 0 Å². The normalized spacial score (nSPS) is 10.9. The highest BCUT2D eigenvalue weighted by molar-refractivity contribution is 7.14. The molecule has 1 aromatic heterocycles. The van der Waals surface area contributed by atoms with Crippen molar-refractivity contribution in [1.29, 1.82) is 0 Å². The maximum atomic E-state index is 13.0. The largest absolute Gasteiger partial charge is 0.454 e. The maximum absolute atomic E-state index is 13.0. The van der Waals surface area contributed by atoms with Gasteiger partial charge in [-0.05, 0) is 42.8 Å². The first kappa shape index (κ1) is 16.4. The van der Waals surface area contributed by atoms with Crippen molar-refractivity contribution in [3.05, 3.63) is 62.6 Å². The molecular weight excluding hydrogens is 327 g/mol. The Kier molecular flexibility index (Phi) is 5.46. The number of carbonyl (C=O) groups excluding carboxylic acids is 2. The molecule has 0 saturated heterocycles. The third kappa shape index (κ3) is 4.51. The van der Waals surface area contributed by atoms with Crippen LogP contribution in [0.4, 0.5) is 4.39 Å². The molecule has 0 atom stereocenters. The van der Waals surface area contributed by atoms with Crippen molar-refractivity contribution in [2.75, 3.05) is 6.61 Å². The van der Waals surface area contributed by atoms with Gasteiger partial charge in [-0.3, -0.25) is 4.79 Å². The molecule has 1 heterocycles. The van der Waals surface area contributed by atoms with E-state index < -0.39 is 11.8 Å². The second-order valence-electron chi connectivity index (χ2n) is 4.45. The first-order chi connectivity index (χ1) is 10.5. The number of aryl methyl sites for hydroxylation is 1. The molecule has 0 saturated carbocycles. The fourth-order valence-corrected chi connectivity index (χ4v) is 2.60. The lowest BCUT2D eigenvalue weighted by atomic mass is 10.2. The summed E-state index contributed by atoms with van der Waals surface area (Å²) in [4.78, 5) is 24.9. The van der Waals surface area contributed by atoms with E-state index in [4.69, 9.17) is 16.3 Å². The number of halogens is 2. The lowest BCUT2D eigenvalue weighted by Crippen LogP contribution is -2.11. The quantitative estimate of drug-likeness (QED) is 0.464. The van der Waals surface area contributed by atoms with E-state index in [2.05, 4.69) is 0 Å². The van der Waals surface area contributed by atoms with Gasteiger partial charge in [0.15, 0.2) is 6.61 Å². The molecule has 0 fully saturated rings. The number of ether oxygens (including phenoxy) is 1. The standard InChI is InChI=1S/C16H12ClFO3S/c1-10-2-6-15(22-10)14(19)9-21-16(20)7-4-11-3-5-13(18)12(17)8-11/h2-8H,9H2,1H3/b7-4+. The number of Topliss-reactive ketones (excluding diaryl/α,β-unsaturated/α-hetero) is 1. The zero-order valence-corrected chi connectivity index (χ0v) is 13.2. The third-order valence-corrected chi connectivity index (χ3v) is 4.05. The topological polar surface area (TPSA) is 43.4 Å². The van der Waals surface area contributed by atoms with Crippen molar-refractivity contribution in [2.24, 2.45) is 0 Å². The lowest BCUT2D eigenvalue weighted by Gasteiger charge is -2.00. The Balaban J connectivity index is 1.88. The van der Waals surface area contributed by atoms with Gasteiger partial charge in [0.2, 0.25) is 5.78 Å². The van der Waals surface area contributed by atoms with E-state index in [9.17, 15) is 14.0 Å². The second-order valence-corrected chi connectivity index (χ2v) is 6.14. The molecule has 0 aliphatic heterocycles. The van der Waals surface area contributed by atoms with Crippen LogP contribution >= 0.6 is 22.9 Å². The van der Waals surface area contributed by atoms with Crippen LogP contribution in [0.2, 0.25) is 5.02 Å². The average Bonchev–Trinajstić information content (AvgIpc) is 2.92. The van der Waals surface area contributed by atoms with Crippen LogP contribution in [0.5, 0.6) is 0 Å². The van der Waals surface area contributed by atoms with Gasteiger partial charge in [0.25, 0.3) is 0 Å². The van der Waals surface area contributed by atoms with Crippen LogP contribution in [0.25, 0.3) is 6.08 Å². The summed E-state index contributed by atoms with van der Waals surface area (Å²) in [5.41, 5.74) is 0.559. The Morgan fingerprint density at radius 1 is 1.32 bits per heavy atom. The van der Waals surface area contributed by atoms with E-state index in [1.54, 1.807) is 6.07 Å². The van der Waals surface area contributed by atoms with Gasteiger partial charge in [-0.25, -0.2) is 9.18 Å². The zero-order chi connectivity index (χ0) is 16.1. The molecule has 0 bridgehead atoms. The highest BCUT2D eigenvalue weighted by Crippen LogP contribution is 2.17. The predicted molar refractivity (Wildman–Crippen MR) is 84.8 cm³/mol. The van der Waals surface area contributed by atoms with Gasteiger partial charge in [0.05, 0.1) is 9.90 Å². The van der Waals surface area contributed by atoms with Crippen LogP contribution in [0, 0.1) is 12.7 Å². The number of esters is 1. The van der Waals surface area contributed by atoms with Crippen molar-refractivity contribution in [2.45, 2.75) is 6.92 Å². The average molecular weight is 339 g/mol. The monoisotopic (exact) mass is 338 g/mol. The van der Waals surface area contributed by atoms with Crippen LogP contribution in [0.1, 0.15) is 20.1 Å². The molecule has 3 nitrogen and oxygen atoms in total. The third-order valence-electron chi connectivity index (χ3n) is 2.72. The molecular formula is C16H12ClFO3S. The van der Waals surface area contributed by atoms with Gasteiger partial charge in [-0.15, -0.1) is 11.3 Å². The van der Waals surface area contributed by atoms with Crippen molar-refractivity contribution >= 4 is 40.8 Å². The van der Waals surface area contributed by atoms with Crippen LogP contribution in [-0.2, 0) is 9.53 Å². The summed E-state index contributed by atoms with van der Waals surface area (Å²) in [5, 5.41) is -0.0289. The molecule has 0 spiro atoms. The number of hydrogen-bond donors (Lipinski definition) is 0. The van der Waals surface area contributed by atoms with E-state index in [1.165, 1.54) is 35.6 Å². The Morgan fingerprint density at radius 3 is 2.73 bits per heavy atom. The maximum Gasteiger partial charge on any atom is 0.331 e. The highest BCUT2D eigenvalue weighted by atomic mass is 35.5. The molecule has 6 heteroatoms. The minimum Gasteiger partial charge on any atom is -0.454 e. The molecule has 2 rings (SSSR count). The summed E-state index contributed by atoms with van der Waals surface area (Å²) >= 11 is 6.98. The van der Waals surface area contributed by atoms with Gasteiger partial charge >= 0.3 is 5.97 Å². The zero-order valence-electron chi connectivity index (χ0n) is 11.6. The fraction of sp³-hybridized carbons (Fsp3) is 0.125. The first-order valence-electron chi connectivity index (χ1n) is 6.35. The van der Waals surface area contributed by atoms with Gasteiger partial charge < -0.3 is 4.74 Å². The fourth-order valence-electron chi connectivity index (χ4n) is 1.62. The van der Waals surface area contributed by atoms with Gasteiger partial charge in [-0.2, -0.15) is 0 Å². The molecule has 0 N–H and O–H groups in total. The minimum absolute atomic E-state index is 0.0289. The number of hydrogen-bond acceptors (Lipinski definition) is 4. The lowest BCUT2D eigenvalue weighted by molar-refractivity contribution is -0.136. The highest BCUT2D eigenvalue weighted by Gasteiger charge is 2.10.